The van der Waals surface area contributed by atoms with E-state index in [1.165, 1.54) is 21.8 Å². The minimum Gasteiger partial charge on any atom is -0.393 e. The first kappa shape index (κ1) is 10.0. The van der Waals surface area contributed by atoms with Gasteiger partial charge in [-0.1, -0.05) is 6.42 Å². The van der Waals surface area contributed by atoms with Gasteiger partial charge in [-0.25, -0.2) is 4.79 Å². The van der Waals surface area contributed by atoms with Crippen molar-refractivity contribution >= 4 is 5.69 Å². The third kappa shape index (κ3) is 1.69. The van der Waals surface area contributed by atoms with Crippen molar-refractivity contribution in [1.82, 2.24) is 9.13 Å². The lowest BCUT2D eigenvalue weighted by atomic mass is 9.85. The Labute approximate surface area is 87.1 Å². The molecule has 1 aromatic heterocycles. The zero-order valence-corrected chi connectivity index (χ0v) is 8.77. The molecule has 1 saturated carbocycles. The lowest BCUT2D eigenvalue weighted by Crippen LogP contribution is -2.42. The van der Waals surface area contributed by atoms with Crippen LogP contribution in [0.25, 0.3) is 0 Å². The van der Waals surface area contributed by atoms with Gasteiger partial charge in [0.1, 0.15) is 5.69 Å². The zero-order chi connectivity index (χ0) is 11.0. The van der Waals surface area contributed by atoms with E-state index in [1.54, 1.807) is 7.05 Å². The molecule has 0 amide bonds. The van der Waals surface area contributed by atoms with Crippen LogP contribution < -0.4 is 17.0 Å². The summed E-state index contributed by atoms with van der Waals surface area (Å²) in [7, 11) is 1.61. The first-order chi connectivity index (χ1) is 7.09. The number of aromatic nitrogens is 2. The summed E-state index contributed by atoms with van der Waals surface area (Å²) in [6.45, 7) is 0.510. The smallest absolute Gasteiger partial charge is 0.330 e. The van der Waals surface area contributed by atoms with Crippen LogP contribution in [0.1, 0.15) is 19.3 Å². The molecule has 82 valence electrons. The van der Waals surface area contributed by atoms with Crippen molar-refractivity contribution in [2.24, 2.45) is 13.0 Å². The fourth-order valence-corrected chi connectivity index (χ4v) is 1.85. The zero-order valence-electron chi connectivity index (χ0n) is 8.77. The average molecular weight is 209 g/mol. The molecule has 1 aliphatic carbocycles. The summed E-state index contributed by atoms with van der Waals surface area (Å²) in [5.74, 6) is 0.470. The number of rotatable bonds is 2. The summed E-state index contributed by atoms with van der Waals surface area (Å²) in [4.78, 5) is 23.3. The Hall–Kier alpha value is -1.52. The molecule has 0 aliphatic heterocycles. The Bertz CT molecular complexity index is 448. The van der Waals surface area contributed by atoms with Crippen molar-refractivity contribution in [3.05, 3.63) is 27.0 Å². The summed E-state index contributed by atoms with van der Waals surface area (Å²) >= 11 is 0. The molecule has 0 saturated heterocycles. The third-order valence-electron chi connectivity index (χ3n) is 3.02. The molecule has 15 heavy (non-hydrogen) atoms. The van der Waals surface area contributed by atoms with Gasteiger partial charge >= 0.3 is 5.69 Å². The molecule has 0 spiro atoms. The van der Waals surface area contributed by atoms with E-state index in [9.17, 15) is 9.59 Å². The Morgan fingerprint density at radius 2 is 2.13 bits per heavy atom. The van der Waals surface area contributed by atoms with Gasteiger partial charge < -0.3 is 10.3 Å². The standard InChI is InChI=1S/C10H15N3O2/c1-12-6-8(11)9(14)13(10(12)15)5-7-3-2-4-7/h6-7H,2-5,11H2,1H3. The van der Waals surface area contributed by atoms with E-state index in [4.69, 9.17) is 5.73 Å². The van der Waals surface area contributed by atoms with Crippen molar-refractivity contribution in [3.8, 4) is 0 Å². The molecular formula is C10H15N3O2. The Morgan fingerprint density at radius 1 is 1.47 bits per heavy atom. The van der Waals surface area contributed by atoms with E-state index < -0.39 is 0 Å². The molecule has 5 nitrogen and oxygen atoms in total. The van der Waals surface area contributed by atoms with Crippen molar-refractivity contribution in [2.45, 2.75) is 25.8 Å². The molecule has 0 unspecified atom stereocenters. The van der Waals surface area contributed by atoms with Crippen LogP contribution in [0.2, 0.25) is 0 Å². The molecule has 0 atom stereocenters. The van der Waals surface area contributed by atoms with E-state index in [1.807, 2.05) is 0 Å². The lowest BCUT2D eigenvalue weighted by Gasteiger charge is -2.25. The number of aryl methyl sites for hydroxylation is 1. The number of hydrogen-bond donors (Lipinski definition) is 1. The minimum absolute atomic E-state index is 0.136. The molecule has 0 radical (unpaired) electrons. The average Bonchev–Trinajstić information content (AvgIpc) is 2.12. The fraction of sp³-hybridized carbons (Fsp3) is 0.600. The normalized spacial score (nSPS) is 16.3. The maximum absolute atomic E-state index is 11.7. The molecule has 0 bridgehead atoms. The van der Waals surface area contributed by atoms with Gasteiger partial charge in [0.15, 0.2) is 0 Å². The second-order valence-electron chi connectivity index (χ2n) is 4.19. The van der Waals surface area contributed by atoms with Crippen molar-refractivity contribution in [1.29, 1.82) is 0 Å². The van der Waals surface area contributed by atoms with E-state index in [-0.39, 0.29) is 16.9 Å². The van der Waals surface area contributed by atoms with Crippen LogP contribution in [0.5, 0.6) is 0 Å². The first-order valence-electron chi connectivity index (χ1n) is 5.15. The second kappa shape index (κ2) is 3.56. The lowest BCUT2D eigenvalue weighted by molar-refractivity contribution is 0.268. The number of hydrogen-bond acceptors (Lipinski definition) is 3. The maximum atomic E-state index is 11.7. The monoisotopic (exact) mass is 209 g/mol. The highest BCUT2D eigenvalue weighted by Crippen LogP contribution is 2.26. The number of nitrogens with zero attached hydrogens (tertiary/aromatic N) is 2. The van der Waals surface area contributed by atoms with Crippen LogP contribution in [-0.2, 0) is 13.6 Å². The highest BCUT2D eigenvalue weighted by molar-refractivity contribution is 5.30. The molecule has 2 rings (SSSR count). The van der Waals surface area contributed by atoms with Gasteiger partial charge in [0.2, 0.25) is 0 Å². The number of nitrogens with two attached hydrogens (primary N) is 1. The number of anilines is 1. The highest BCUT2D eigenvalue weighted by atomic mass is 16.2. The Morgan fingerprint density at radius 3 is 2.67 bits per heavy atom. The maximum Gasteiger partial charge on any atom is 0.330 e. The van der Waals surface area contributed by atoms with Crippen LogP contribution >= 0.6 is 0 Å². The summed E-state index contributed by atoms with van der Waals surface area (Å²) in [5, 5.41) is 0. The van der Waals surface area contributed by atoms with Gasteiger partial charge in [-0.3, -0.25) is 9.36 Å². The van der Waals surface area contributed by atoms with Crippen LogP contribution in [0.15, 0.2) is 15.8 Å². The van der Waals surface area contributed by atoms with Crippen molar-refractivity contribution in [2.75, 3.05) is 5.73 Å². The first-order valence-corrected chi connectivity index (χ1v) is 5.15. The molecule has 0 aromatic carbocycles. The fourth-order valence-electron chi connectivity index (χ4n) is 1.85. The summed E-state index contributed by atoms with van der Waals surface area (Å²) in [6, 6.07) is 0. The topological polar surface area (TPSA) is 70.0 Å². The van der Waals surface area contributed by atoms with E-state index in [2.05, 4.69) is 0 Å². The molecular weight excluding hydrogens is 194 g/mol. The van der Waals surface area contributed by atoms with Gasteiger partial charge in [0.25, 0.3) is 5.56 Å². The Balaban J connectivity index is 2.43. The largest absolute Gasteiger partial charge is 0.393 e. The quantitative estimate of drug-likeness (QED) is 0.741. The van der Waals surface area contributed by atoms with Gasteiger partial charge in [0.05, 0.1) is 0 Å². The van der Waals surface area contributed by atoms with Crippen LogP contribution in [0.4, 0.5) is 5.69 Å². The van der Waals surface area contributed by atoms with E-state index in [0.717, 1.165) is 12.8 Å². The third-order valence-corrected chi connectivity index (χ3v) is 3.02. The Kier molecular flexibility index (Phi) is 2.38. The van der Waals surface area contributed by atoms with Crippen LogP contribution in [0, 0.1) is 5.92 Å². The SMILES string of the molecule is Cn1cc(N)c(=O)n(CC2CCC2)c1=O. The van der Waals surface area contributed by atoms with Gasteiger partial charge in [-0.15, -0.1) is 0 Å². The van der Waals surface area contributed by atoms with E-state index >= 15 is 0 Å². The summed E-state index contributed by atoms with van der Waals surface area (Å²) < 4.78 is 2.61. The predicted octanol–water partition coefficient (Wildman–Crippen LogP) is -0.0707. The summed E-state index contributed by atoms with van der Waals surface area (Å²) in [6.07, 6.45) is 4.78. The molecule has 5 heteroatoms. The van der Waals surface area contributed by atoms with Gasteiger partial charge in [-0.2, -0.15) is 0 Å². The molecule has 1 aromatic rings. The highest BCUT2D eigenvalue weighted by Gasteiger charge is 2.20. The molecule has 1 aliphatic rings. The minimum atomic E-state index is -0.356. The molecule has 1 fully saturated rings. The number of nitrogen functional groups attached to an aromatic ring is 1. The van der Waals surface area contributed by atoms with E-state index in [0.29, 0.717) is 12.5 Å². The molecule has 2 N–H and O–H groups in total. The van der Waals surface area contributed by atoms with Gasteiger partial charge in [0, 0.05) is 19.8 Å². The predicted molar refractivity (Wildman–Crippen MR) is 57.7 cm³/mol. The van der Waals surface area contributed by atoms with Crippen LogP contribution in [0.3, 0.4) is 0 Å². The van der Waals surface area contributed by atoms with Gasteiger partial charge in [-0.05, 0) is 18.8 Å². The molecule has 1 heterocycles. The second-order valence-corrected chi connectivity index (χ2v) is 4.19. The summed E-state index contributed by atoms with van der Waals surface area (Å²) in [5.41, 5.74) is 5.03. The van der Waals surface area contributed by atoms with Crippen molar-refractivity contribution in [3.63, 3.8) is 0 Å². The van der Waals surface area contributed by atoms with Crippen LogP contribution in [-0.4, -0.2) is 9.13 Å². The van der Waals surface area contributed by atoms with Crippen molar-refractivity contribution < 1.29 is 0 Å².